The minimum Gasteiger partial charge on any atom is -0.337 e. The predicted octanol–water partition coefficient (Wildman–Crippen LogP) is 2.21. The fourth-order valence-electron chi connectivity index (χ4n) is 3.85. The summed E-state index contributed by atoms with van der Waals surface area (Å²) in [5.74, 6) is 0.284. The third-order valence-electron chi connectivity index (χ3n) is 5.36. The van der Waals surface area contributed by atoms with Gasteiger partial charge >= 0.3 is 0 Å². The molecule has 1 N–H and O–H groups in total. The summed E-state index contributed by atoms with van der Waals surface area (Å²) in [4.78, 5) is 17.6. The Kier molecular flexibility index (Phi) is 6.27. The molecule has 1 amide bonds. The van der Waals surface area contributed by atoms with Crippen molar-refractivity contribution >= 4 is 5.91 Å². The number of hydrogen-bond acceptors (Lipinski definition) is 3. The molecular formula is C20H31N3O. The molecule has 3 rings (SSSR count). The lowest BCUT2D eigenvalue weighted by Crippen LogP contribution is -2.51. The molecule has 1 aromatic carbocycles. The van der Waals surface area contributed by atoms with Crippen molar-refractivity contribution in [2.24, 2.45) is 0 Å². The normalized spacial score (nSPS) is 21.8. The molecule has 24 heavy (non-hydrogen) atoms. The lowest BCUT2D eigenvalue weighted by Gasteiger charge is -2.36. The van der Waals surface area contributed by atoms with Crippen LogP contribution in [0.1, 0.15) is 36.8 Å². The number of amides is 1. The molecule has 0 aromatic heterocycles. The average molecular weight is 329 g/mol. The van der Waals surface area contributed by atoms with Crippen LogP contribution >= 0.6 is 0 Å². The van der Waals surface area contributed by atoms with E-state index in [0.29, 0.717) is 12.5 Å². The molecular weight excluding hydrogens is 298 g/mol. The number of aryl methyl sites for hydroxylation is 1. The summed E-state index contributed by atoms with van der Waals surface area (Å²) in [7, 11) is 0. The van der Waals surface area contributed by atoms with Crippen molar-refractivity contribution in [2.75, 3.05) is 39.3 Å². The van der Waals surface area contributed by atoms with E-state index in [-0.39, 0.29) is 5.91 Å². The van der Waals surface area contributed by atoms with Crippen molar-refractivity contribution in [1.82, 2.24) is 15.1 Å². The van der Waals surface area contributed by atoms with Crippen molar-refractivity contribution < 1.29 is 4.79 Å². The van der Waals surface area contributed by atoms with E-state index in [1.807, 2.05) is 0 Å². The molecule has 4 nitrogen and oxygen atoms in total. The van der Waals surface area contributed by atoms with Gasteiger partial charge in [0, 0.05) is 25.7 Å². The molecule has 1 atom stereocenters. The molecule has 0 saturated carbocycles. The van der Waals surface area contributed by atoms with Gasteiger partial charge in [-0.25, -0.2) is 0 Å². The third kappa shape index (κ3) is 4.81. The monoisotopic (exact) mass is 329 g/mol. The quantitative estimate of drug-likeness (QED) is 0.869. The highest BCUT2D eigenvalue weighted by Crippen LogP contribution is 2.15. The molecule has 2 heterocycles. The maximum atomic E-state index is 13.0. The van der Waals surface area contributed by atoms with Crippen molar-refractivity contribution in [3.05, 3.63) is 35.4 Å². The van der Waals surface area contributed by atoms with Gasteiger partial charge in [-0.15, -0.1) is 0 Å². The first-order valence-electron chi connectivity index (χ1n) is 9.50. The summed E-state index contributed by atoms with van der Waals surface area (Å²) < 4.78 is 0. The first kappa shape index (κ1) is 17.4. The van der Waals surface area contributed by atoms with E-state index in [1.165, 1.54) is 37.9 Å². The molecule has 2 saturated heterocycles. The predicted molar refractivity (Wildman–Crippen MR) is 98.2 cm³/mol. The molecule has 2 aliphatic rings. The van der Waals surface area contributed by atoms with E-state index in [0.717, 1.165) is 38.2 Å². The Morgan fingerprint density at radius 1 is 1.21 bits per heavy atom. The lowest BCUT2D eigenvalue weighted by atomic mass is 10.0. The first-order valence-corrected chi connectivity index (χ1v) is 9.50. The Balaban J connectivity index is 1.62. The van der Waals surface area contributed by atoms with E-state index >= 15 is 0 Å². The molecule has 1 aromatic rings. The summed E-state index contributed by atoms with van der Waals surface area (Å²) in [5.41, 5.74) is 2.37. The molecule has 1 unspecified atom stereocenters. The Morgan fingerprint density at radius 3 is 2.62 bits per heavy atom. The van der Waals surface area contributed by atoms with Gasteiger partial charge in [-0.2, -0.15) is 0 Å². The van der Waals surface area contributed by atoms with Gasteiger partial charge in [0.1, 0.15) is 0 Å². The first-order chi connectivity index (χ1) is 11.7. The van der Waals surface area contributed by atoms with Crippen LogP contribution in [0.5, 0.6) is 0 Å². The summed E-state index contributed by atoms with van der Waals surface area (Å²) in [6.45, 7) is 8.41. The largest absolute Gasteiger partial charge is 0.337 e. The minimum absolute atomic E-state index is 0.284. The smallest absolute Gasteiger partial charge is 0.227 e. The Morgan fingerprint density at radius 2 is 1.96 bits per heavy atom. The lowest BCUT2D eigenvalue weighted by molar-refractivity contribution is -0.133. The third-order valence-corrected chi connectivity index (χ3v) is 5.36. The zero-order valence-electron chi connectivity index (χ0n) is 15.0. The highest BCUT2D eigenvalue weighted by Gasteiger charge is 2.26. The van der Waals surface area contributed by atoms with Crippen LogP contribution in [-0.4, -0.2) is 61.0 Å². The molecule has 4 heteroatoms. The SMILES string of the molecule is Cc1ccc(CC(=O)N(CCN2CCCC2)C2CCCNC2)cc1. The molecule has 0 spiro atoms. The topological polar surface area (TPSA) is 35.6 Å². The van der Waals surface area contributed by atoms with Crippen LogP contribution in [0.3, 0.4) is 0 Å². The second kappa shape index (κ2) is 8.63. The Hall–Kier alpha value is -1.39. The van der Waals surface area contributed by atoms with Crippen molar-refractivity contribution in [2.45, 2.75) is 45.1 Å². The van der Waals surface area contributed by atoms with Gasteiger partial charge in [-0.05, 0) is 57.8 Å². The van der Waals surface area contributed by atoms with E-state index in [1.54, 1.807) is 0 Å². The summed E-state index contributed by atoms with van der Waals surface area (Å²) in [5, 5.41) is 3.46. The van der Waals surface area contributed by atoms with Crippen LogP contribution in [-0.2, 0) is 11.2 Å². The number of likely N-dealkylation sites (tertiary alicyclic amines) is 1. The number of nitrogens with zero attached hydrogens (tertiary/aromatic N) is 2. The maximum Gasteiger partial charge on any atom is 0.227 e. The fourth-order valence-corrected chi connectivity index (χ4v) is 3.85. The van der Waals surface area contributed by atoms with Gasteiger partial charge in [0.05, 0.1) is 6.42 Å². The number of rotatable bonds is 6. The standard InChI is InChI=1S/C20H31N3O/c1-17-6-8-18(9-7-17)15-20(24)23(19-5-4-10-21-16-19)14-13-22-11-2-3-12-22/h6-9,19,21H,2-5,10-16H2,1H3. The van der Waals surface area contributed by atoms with Crippen molar-refractivity contribution in [3.8, 4) is 0 Å². The summed E-state index contributed by atoms with van der Waals surface area (Å²) in [6.07, 6.45) is 5.44. The van der Waals surface area contributed by atoms with Gasteiger partial charge in [-0.1, -0.05) is 29.8 Å². The zero-order valence-corrected chi connectivity index (χ0v) is 15.0. The van der Waals surface area contributed by atoms with Gasteiger partial charge in [0.25, 0.3) is 0 Å². The van der Waals surface area contributed by atoms with Gasteiger partial charge < -0.3 is 15.1 Å². The minimum atomic E-state index is 0.284. The van der Waals surface area contributed by atoms with E-state index in [4.69, 9.17) is 0 Å². The molecule has 2 aliphatic heterocycles. The number of carbonyl (C=O) groups is 1. The number of piperidine rings is 1. The number of nitrogens with one attached hydrogen (secondary N) is 1. The van der Waals surface area contributed by atoms with Crippen LogP contribution < -0.4 is 5.32 Å². The van der Waals surface area contributed by atoms with Gasteiger partial charge in [0.15, 0.2) is 0 Å². The molecule has 2 fully saturated rings. The van der Waals surface area contributed by atoms with Gasteiger partial charge in [-0.3, -0.25) is 4.79 Å². The van der Waals surface area contributed by atoms with Crippen LogP contribution in [0.15, 0.2) is 24.3 Å². The number of benzene rings is 1. The number of hydrogen-bond donors (Lipinski definition) is 1. The Bertz CT molecular complexity index is 516. The molecule has 0 radical (unpaired) electrons. The van der Waals surface area contributed by atoms with E-state index in [9.17, 15) is 4.79 Å². The van der Waals surface area contributed by atoms with Crippen molar-refractivity contribution in [3.63, 3.8) is 0 Å². The van der Waals surface area contributed by atoms with Crippen LogP contribution in [0.2, 0.25) is 0 Å². The van der Waals surface area contributed by atoms with E-state index < -0.39 is 0 Å². The summed E-state index contributed by atoms with van der Waals surface area (Å²) in [6, 6.07) is 8.73. The molecule has 132 valence electrons. The summed E-state index contributed by atoms with van der Waals surface area (Å²) >= 11 is 0. The van der Waals surface area contributed by atoms with Gasteiger partial charge in [0.2, 0.25) is 5.91 Å². The number of carbonyl (C=O) groups excluding carboxylic acids is 1. The zero-order chi connectivity index (χ0) is 16.8. The second-order valence-corrected chi connectivity index (χ2v) is 7.30. The van der Waals surface area contributed by atoms with Crippen LogP contribution in [0, 0.1) is 6.92 Å². The van der Waals surface area contributed by atoms with Crippen LogP contribution in [0.25, 0.3) is 0 Å². The van der Waals surface area contributed by atoms with E-state index in [2.05, 4.69) is 46.3 Å². The molecule has 0 bridgehead atoms. The highest BCUT2D eigenvalue weighted by molar-refractivity contribution is 5.79. The Labute approximate surface area is 146 Å². The molecule has 0 aliphatic carbocycles. The average Bonchev–Trinajstić information content (AvgIpc) is 3.12. The highest BCUT2D eigenvalue weighted by atomic mass is 16.2. The maximum absolute atomic E-state index is 13.0. The second-order valence-electron chi connectivity index (χ2n) is 7.30. The van der Waals surface area contributed by atoms with Crippen molar-refractivity contribution in [1.29, 1.82) is 0 Å². The fraction of sp³-hybridized carbons (Fsp3) is 0.650. The van der Waals surface area contributed by atoms with Crippen LogP contribution in [0.4, 0.5) is 0 Å².